The molecule has 0 bridgehead atoms. The predicted octanol–water partition coefficient (Wildman–Crippen LogP) is 4.57. The van der Waals surface area contributed by atoms with Gasteiger partial charge in [-0.1, -0.05) is 32.1 Å². The van der Waals surface area contributed by atoms with Crippen molar-refractivity contribution in [3.05, 3.63) is 58.1 Å². The first-order valence-corrected chi connectivity index (χ1v) is 8.40. The van der Waals surface area contributed by atoms with E-state index < -0.39 is 5.82 Å². The molecule has 0 fully saturated rings. The molecule has 0 atom stereocenters. The van der Waals surface area contributed by atoms with Crippen LogP contribution in [0.5, 0.6) is 0 Å². The highest BCUT2D eigenvalue weighted by atomic mass is 19.1. The molecule has 1 aromatic rings. The van der Waals surface area contributed by atoms with Crippen LogP contribution in [0.4, 0.5) is 4.39 Å². The molecular weight excluding hydrogens is 305 g/mol. The SMILES string of the molecule is CC/C=C(C(=O)c1cccc(C)c1F)\C(CC)=C(\C)NCCOC. The summed E-state index contributed by atoms with van der Waals surface area (Å²) in [5, 5.41) is 3.27. The van der Waals surface area contributed by atoms with Gasteiger partial charge in [-0.15, -0.1) is 0 Å². The zero-order valence-corrected chi connectivity index (χ0v) is 15.3. The van der Waals surface area contributed by atoms with Crippen LogP contribution in [-0.4, -0.2) is 26.0 Å². The molecule has 1 N–H and O–H groups in total. The molecule has 0 heterocycles. The summed E-state index contributed by atoms with van der Waals surface area (Å²) < 4.78 is 19.4. The van der Waals surface area contributed by atoms with Crippen LogP contribution in [0.2, 0.25) is 0 Å². The van der Waals surface area contributed by atoms with E-state index in [0.29, 0.717) is 37.1 Å². The third kappa shape index (κ3) is 5.03. The van der Waals surface area contributed by atoms with Crippen molar-refractivity contribution in [2.75, 3.05) is 20.3 Å². The summed E-state index contributed by atoms with van der Waals surface area (Å²) in [6.07, 6.45) is 3.28. The summed E-state index contributed by atoms with van der Waals surface area (Å²) in [5.74, 6) is -0.701. The van der Waals surface area contributed by atoms with Gasteiger partial charge in [-0.05, 0) is 43.9 Å². The van der Waals surface area contributed by atoms with Crippen LogP contribution in [0.3, 0.4) is 0 Å². The quantitative estimate of drug-likeness (QED) is 0.311. The van der Waals surface area contributed by atoms with Gasteiger partial charge in [0.05, 0.1) is 12.2 Å². The first-order chi connectivity index (χ1) is 11.5. The van der Waals surface area contributed by atoms with Crippen molar-refractivity contribution in [1.82, 2.24) is 5.32 Å². The monoisotopic (exact) mass is 333 g/mol. The van der Waals surface area contributed by atoms with E-state index in [1.54, 1.807) is 32.2 Å². The van der Waals surface area contributed by atoms with Gasteiger partial charge >= 0.3 is 0 Å². The van der Waals surface area contributed by atoms with Gasteiger partial charge < -0.3 is 10.1 Å². The molecule has 0 saturated heterocycles. The van der Waals surface area contributed by atoms with Crippen LogP contribution in [-0.2, 0) is 4.74 Å². The first-order valence-electron chi connectivity index (χ1n) is 8.40. The topological polar surface area (TPSA) is 38.3 Å². The third-order valence-electron chi connectivity index (χ3n) is 3.92. The van der Waals surface area contributed by atoms with Crippen LogP contribution >= 0.6 is 0 Å². The lowest BCUT2D eigenvalue weighted by atomic mass is 9.92. The number of carbonyl (C=O) groups is 1. The fourth-order valence-electron chi connectivity index (χ4n) is 2.63. The fourth-order valence-corrected chi connectivity index (χ4v) is 2.63. The molecule has 1 rings (SSSR count). The van der Waals surface area contributed by atoms with Crippen molar-refractivity contribution < 1.29 is 13.9 Å². The first kappa shape index (κ1) is 20.1. The second kappa shape index (κ2) is 10.0. The molecule has 0 spiro atoms. The lowest BCUT2D eigenvalue weighted by Crippen LogP contribution is -2.20. The summed E-state index contributed by atoms with van der Waals surface area (Å²) >= 11 is 0. The smallest absolute Gasteiger partial charge is 0.195 e. The number of rotatable bonds is 9. The maximum atomic E-state index is 14.4. The number of halogens is 1. The van der Waals surface area contributed by atoms with Gasteiger partial charge in [0.25, 0.3) is 0 Å². The minimum Gasteiger partial charge on any atom is -0.386 e. The minimum atomic E-state index is -0.440. The number of aryl methyl sites for hydroxylation is 1. The van der Waals surface area contributed by atoms with E-state index in [0.717, 1.165) is 11.3 Å². The average Bonchev–Trinajstić information content (AvgIpc) is 2.57. The number of hydrogen-bond acceptors (Lipinski definition) is 3. The Balaban J connectivity index is 3.25. The van der Waals surface area contributed by atoms with E-state index in [1.165, 1.54) is 0 Å². The van der Waals surface area contributed by atoms with Crippen LogP contribution in [0.25, 0.3) is 0 Å². The highest BCUT2D eigenvalue weighted by Crippen LogP contribution is 2.24. The van der Waals surface area contributed by atoms with Crippen LogP contribution in [0.1, 0.15) is 49.5 Å². The number of allylic oxidation sites excluding steroid dienone is 4. The predicted molar refractivity (Wildman–Crippen MR) is 96.7 cm³/mol. The van der Waals surface area contributed by atoms with Crippen LogP contribution in [0, 0.1) is 12.7 Å². The molecule has 0 aliphatic carbocycles. The Morgan fingerprint density at radius 1 is 1.33 bits per heavy atom. The number of Topliss-reactive ketones (excluding diaryl/α,β-unsaturated/α-hetero) is 1. The molecule has 0 aliphatic rings. The molecule has 3 nitrogen and oxygen atoms in total. The molecule has 0 radical (unpaired) electrons. The summed E-state index contributed by atoms with van der Waals surface area (Å²) in [4.78, 5) is 12.9. The molecule has 24 heavy (non-hydrogen) atoms. The largest absolute Gasteiger partial charge is 0.386 e. The van der Waals surface area contributed by atoms with Gasteiger partial charge in [-0.2, -0.15) is 0 Å². The summed E-state index contributed by atoms with van der Waals surface area (Å²) in [7, 11) is 1.65. The zero-order chi connectivity index (χ0) is 18.1. The van der Waals surface area contributed by atoms with Gasteiger partial charge in [0.1, 0.15) is 5.82 Å². The average molecular weight is 333 g/mol. The number of methoxy groups -OCH3 is 1. The molecule has 0 unspecified atom stereocenters. The molecule has 1 aromatic carbocycles. The minimum absolute atomic E-state index is 0.130. The third-order valence-corrected chi connectivity index (χ3v) is 3.92. The van der Waals surface area contributed by atoms with Crippen molar-refractivity contribution >= 4 is 5.78 Å². The molecule has 0 aliphatic heterocycles. The number of benzene rings is 1. The van der Waals surface area contributed by atoms with E-state index in [4.69, 9.17) is 4.74 Å². The maximum absolute atomic E-state index is 14.4. The van der Waals surface area contributed by atoms with Gasteiger partial charge in [0, 0.05) is 24.9 Å². The van der Waals surface area contributed by atoms with Gasteiger partial charge in [0.15, 0.2) is 5.78 Å². The number of carbonyl (C=O) groups excluding carboxylic acids is 1. The molecular formula is C20H28FNO2. The van der Waals surface area contributed by atoms with Crippen molar-refractivity contribution in [2.45, 2.75) is 40.5 Å². The number of hydrogen-bond donors (Lipinski definition) is 1. The highest BCUT2D eigenvalue weighted by Gasteiger charge is 2.20. The summed E-state index contributed by atoms with van der Waals surface area (Å²) in [6.45, 7) is 8.84. The van der Waals surface area contributed by atoms with E-state index in [1.807, 2.05) is 26.8 Å². The number of ether oxygens (including phenoxy) is 1. The zero-order valence-electron chi connectivity index (χ0n) is 15.3. The molecule has 0 saturated carbocycles. The molecule has 0 aromatic heterocycles. The lowest BCUT2D eigenvalue weighted by molar-refractivity contribution is 0.103. The summed E-state index contributed by atoms with van der Waals surface area (Å²) in [5.41, 5.74) is 3.03. The molecule has 0 amide bonds. The Morgan fingerprint density at radius 3 is 2.62 bits per heavy atom. The Kier molecular flexibility index (Phi) is 8.41. The Bertz CT molecular complexity index is 633. The standard InChI is InChI=1S/C20H28FNO2/c1-6-9-17(16(7-2)15(4)22-12-13-24-5)20(23)18-11-8-10-14(3)19(18)21/h8-11,22H,6-7,12-13H2,1-5H3/b16-15-,17-9+. The number of ketones is 1. The maximum Gasteiger partial charge on any atom is 0.195 e. The Labute approximate surface area is 144 Å². The fraction of sp³-hybridized carbons (Fsp3) is 0.450. The van der Waals surface area contributed by atoms with Crippen molar-refractivity contribution in [1.29, 1.82) is 0 Å². The van der Waals surface area contributed by atoms with E-state index in [-0.39, 0.29) is 11.3 Å². The van der Waals surface area contributed by atoms with E-state index in [2.05, 4.69) is 5.32 Å². The molecule has 132 valence electrons. The van der Waals surface area contributed by atoms with Crippen molar-refractivity contribution in [3.63, 3.8) is 0 Å². The second-order valence-corrected chi connectivity index (χ2v) is 5.67. The highest BCUT2D eigenvalue weighted by molar-refractivity contribution is 6.11. The van der Waals surface area contributed by atoms with Crippen molar-refractivity contribution in [2.24, 2.45) is 0 Å². The second-order valence-electron chi connectivity index (χ2n) is 5.67. The molecule has 4 heteroatoms. The van der Waals surface area contributed by atoms with E-state index in [9.17, 15) is 9.18 Å². The Morgan fingerprint density at radius 2 is 2.04 bits per heavy atom. The van der Waals surface area contributed by atoms with Gasteiger partial charge in [-0.3, -0.25) is 4.79 Å². The number of nitrogens with one attached hydrogen (secondary N) is 1. The van der Waals surface area contributed by atoms with Crippen LogP contribution in [0.15, 0.2) is 41.1 Å². The Hall–Kier alpha value is -1.94. The normalized spacial score (nSPS) is 12.8. The van der Waals surface area contributed by atoms with Gasteiger partial charge in [0.2, 0.25) is 0 Å². The summed E-state index contributed by atoms with van der Waals surface area (Å²) in [6, 6.07) is 4.94. The van der Waals surface area contributed by atoms with Crippen LogP contribution < -0.4 is 5.32 Å². The van der Waals surface area contributed by atoms with E-state index >= 15 is 0 Å². The lowest BCUT2D eigenvalue weighted by Gasteiger charge is -2.16. The van der Waals surface area contributed by atoms with Gasteiger partial charge in [-0.25, -0.2) is 4.39 Å². The van der Waals surface area contributed by atoms with Crippen molar-refractivity contribution in [3.8, 4) is 0 Å².